The van der Waals surface area contributed by atoms with Crippen molar-refractivity contribution in [3.05, 3.63) is 35.6 Å². The topological polar surface area (TPSA) is 26.3 Å². The molecule has 2 rings (SSSR count). The minimum atomic E-state index is -0.384. The molecule has 0 bridgehead atoms. The molecule has 19 heavy (non-hydrogen) atoms. The Kier molecular flexibility index (Phi) is 4.35. The van der Waals surface area contributed by atoms with E-state index in [1.54, 1.807) is 12.1 Å². The molecule has 2 nitrogen and oxygen atoms in total. The molecule has 1 saturated carbocycles. The molecule has 0 spiro atoms. The molecule has 0 unspecified atom stereocenters. The first-order valence-corrected chi connectivity index (χ1v) is 6.87. The Bertz CT molecular complexity index is 444. The average molecular weight is 264 g/mol. The van der Waals surface area contributed by atoms with Gasteiger partial charge in [-0.1, -0.05) is 26.0 Å². The van der Waals surface area contributed by atoms with Crippen LogP contribution in [0.3, 0.4) is 0 Å². The monoisotopic (exact) mass is 264 g/mol. The number of ether oxygens (including phenoxy) is 1. The van der Waals surface area contributed by atoms with Crippen LogP contribution in [0.2, 0.25) is 0 Å². The van der Waals surface area contributed by atoms with Crippen LogP contribution in [0.5, 0.6) is 0 Å². The maximum atomic E-state index is 13.0. The number of hydrogen-bond donors (Lipinski definition) is 0. The lowest BCUT2D eigenvalue weighted by Gasteiger charge is -2.34. The van der Waals surface area contributed by atoms with Gasteiger partial charge in [-0.15, -0.1) is 0 Å². The van der Waals surface area contributed by atoms with E-state index >= 15 is 0 Å². The van der Waals surface area contributed by atoms with E-state index in [9.17, 15) is 9.18 Å². The summed E-state index contributed by atoms with van der Waals surface area (Å²) < 4.78 is 18.7. The van der Waals surface area contributed by atoms with Gasteiger partial charge in [-0.25, -0.2) is 4.39 Å². The summed E-state index contributed by atoms with van der Waals surface area (Å²) in [6, 6.07) is 5.76. The summed E-state index contributed by atoms with van der Waals surface area (Å²) in [5.41, 5.74) is 0.781. The highest BCUT2D eigenvalue weighted by molar-refractivity contribution is 5.97. The molecule has 0 aromatic heterocycles. The van der Waals surface area contributed by atoms with Crippen LogP contribution < -0.4 is 0 Å². The zero-order chi connectivity index (χ0) is 13.9. The fourth-order valence-electron chi connectivity index (χ4n) is 2.48. The Morgan fingerprint density at radius 3 is 2.68 bits per heavy atom. The van der Waals surface area contributed by atoms with Crippen molar-refractivity contribution in [2.45, 2.75) is 45.6 Å². The largest absolute Gasteiger partial charge is 0.370 e. The van der Waals surface area contributed by atoms with Gasteiger partial charge in [0, 0.05) is 5.56 Å². The van der Waals surface area contributed by atoms with Crippen LogP contribution in [0, 0.1) is 11.2 Å². The first-order valence-electron chi connectivity index (χ1n) is 6.87. The lowest BCUT2D eigenvalue weighted by Crippen LogP contribution is -2.28. The molecule has 0 atom stereocenters. The molecule has 0 aliphatic heterocycles. The number of Topliss-reactive ketones (excluding diaryl/α,β-unsaturated/α-hetero) is 1. The second-order valence-electron chi connectivity index (χ2n) is 6.11. The molecule has 3 heteroatoms. The zero-order valence-corrected chi connectivity index (χ0v) is 11.6. The summed E-state index contributed by atoms with van der Waals surface area (Å²) in [5.74, 6) is -0.533. The molecule has 0 heterocycles. The van der Waals surface area contributed by atoms with Gasteiger partial charge in [-0.2, -0.15) is 0 Å². The van der Waals surface area contributed by atoms with Crippen molar-refractivity contribution in [1.82, 2.24) is 0 Å². The predicted octanol–water partition coefficient (Wildman–Crippen LogP) is 3.99. The van der Waals surface area contributed by atoms with Gasteiger partial charge in [0.25, 0.3) is 0 Å². The van der Waals surface area contributed by atoms with Gasteiger partial charge in [0.1, 0.15) is 12.4 Å². The quantitative estimate of drug-likeness (QED) is 0.768. The second-order valence-corrected chi connectivity index (χ2v) is 6.11. The summed E-state index contributed by atoms with van der Waals surface area (Å²) in [5, 5.41) is 0. The first kappa shape index (κ1) is 14.2. The third-order valence-corrected chi connectivity index (χ3v) is 3.88. The smallest absolute Gasteiger partial charge is 0.188 e. The first-order chi connectivity index (χ1) is 8.96. The number of halogens is 1. The third kappa shape index (κ3) is 4.13. The lowest BCUT2D eigenvalue weighted by atomic mass is 9.76. The number of benzene rings is 1. The van der Waals surface area contributed by atoms with Crippen LogP contribution >= 0.6 is 0 Å². The highest BCUT2D eigenvalue weighted by atomic mass is 19.1. The van der Waals surface area contributed by atoms with Crippen LogP contribution in [0.15, 0.2) is 24.3 Å². The number of hydrogen-bond acceptors (Lipinski definition) is 2. The highest BCUT2D eigenvalue weighted by Gasteiger charge is 2.27. The van der Waals surface area contributed by atoms with E-state index in [4.69, 9.17) is 4.74 Å². The van der Waals surface area contributed by atoms with E-state index in [1.807, 2.05) is 0 Å². The van der Waals surface area contributed by atoms with Crippen molar-refractivity contribution in [3.8, 4) is 0 Å². The fourth-order valence-corrected chi connectivity index (χ4v) is 2.48. The number of carbonyl (C=O) groups is 1. The van der Waals surface area contributed by atoms with Gasteiger partial charge in [0.2, 0.25) is 0 Å². The summed E-state index contributed by atoms with van der Waals surface area (Å²) in [4.78, 5) is 11.9. The minimum absolute atomic E-state index is 0.0501. The van der Waals surface area contributed by atoms with Gasteiger partial charge in [-0.3, -0.25) is 4.79 Å². The predicted molar refractivity (Wildman–Crippen MR) is 72.7 cm³/mol. The SMILES string of the molecule is CC1(C)CCC(OCC(=O)c2cccc(F)c2)CC1. The number of carbonyl (C=O) groups excluding carboxylic acids is 1. The Morgan fingerprint density at radius 2 is 2.05 bits per heavy atom. The second kappa shape index (κ2) is 5.83. The standard InChI is InChI=1S/C16H21FO2/c1-16(2)8-6-14(7-9-16)19-11-15(18)12-4-3-5-13(17)10-12/h3-5,10,14H,6-9,11H2,1-2H3. The van der Waals surface area contributed by atoms with Gasteiger partial charge >= 0.3 is 0 Å². The van der Waals surface area contributed by atoms with E-state index in [0.29, 0.717) is 11.0 Å². The molecule has 1 aliphatic carbocycles. The Balaban J connectivity index is 1.81. The van der Waals surface area contributed by atoms with Gasteiger partial charge in [0.05, 0.1) is 6.10 Å². The van der Waals surface area contributed by atoms with Crippen molar-refractivity contribution in [1.29, 1.82) is 0 Å². The van der Waals surface area contributed by atoms with Crippen LogP contribution in [-0.4, -0.2) is 18.5 Å². The Labute approximate surface area is 114 Å². The van der Waals surface area contributed by atoms with Crippen molar-refractivity contribution in [2.75, 3.05) is 6.61 Å². The molecular weight excluding hydrogens is 243 g/mol. The van der Waals surface area contributed by atoms with E-state index < -0.39 is 0 Å². The summed E-state index contributed by atoms with van der Waals surface area (Å²) in [6.07, 6.45) is 4.44. The van der Waals surface area contributed by atoms with Crippen molar-refractivity contribution < 1.29 is 13.9 Å². The van der Waals surface area contributed by atoms with E-state index in [1.165, 1.54) is 12.1 Å². The average Bonchev–Trinajstić information content (AvgIpc) is 2.37. The molecule has 1 aromatic rings. The van der Waals surface area contributed by atoms with Crippen LogP contribution in [0.1, 0.15) is 49.9 Å². The van der Waals surface area contributed by atoms with E-state index in [2.05, 4.69) is 13.8 Å². The summed E-state index contributed by atoms with van der Waals surface area (Å²) >= 11 is 0. The molecule has 1 aliphatic rings. The zero-order valence-electron chi connectivity index (χ0n) is 11.6. The third-order valence-electron chi connectivity index (χ3n) is 3.88. The fraction of sp³-hybridized carbons (Fsp3) is 0.562. The molecule has 0 saturated heterocycles. The Hall–Kier alpha value is -1.22. The molecule has 1 fully saturated rings. The molecule has 0 radical (unpaired) electrons. The Morgan fingerprint density at radius 1 is 1.37 bits per heavy atom. The molecular formula is C16H21FO2. The molecule has 0 N–H and O–H groups in total. The van der Waals surface area contributed by atoms with Crippen LogP contribution in [0.4, 0.5) is 4.39 Å². The normalized spacial score (nSPS) is 19.3. The number of rotatable bonds is 4. The lowest BCUT2D eigenvalue weighted by molar-refractivity contribution is 0.00861. The highest BCUT2D eigenvalue weighted by Crippen LogP contribution is 2.36. The van der Waals surface area contributed by atoms with E-state index in [0.717, 1.165) is 25.7 Å². The van der Waals surface area contributed by atoms with Crippen LogP contribution in [-0.2, 0) is 4.74 Å². The van der Waals surface area contributed by atoms with Crippen molar-refractivity contribution in [3.63, 3.8) is 0 Å². The summed E-state index contributed by atoms with van der Waals surface area (Å²) in [7, 11) is 0. The summed E-state index contributed by atoms with van der Waals surface area (Å²) in [6.45, 7) is 4.58. The van der Waals surface area contributed by atoms with Crippen LogP contribution in [0.25, 0.3) is 0 Å². The van der Waals surface area contributed by atoms with Gasteiger partial charge in [-0.05, 0) is 43.2 Å². The van der Waals surface area contributed by atoms with E-state index in [-0.39, 0.29) is 24.3 Å². The number of ketones is 1. The minimum Gasteiger partial charge on any atom is -0.370 e. The molecule has 0 amide bonds. The van der Waals surface area contributed by atoms with Crippen molar-refractivity contribution in [2.24, 2.45) is 5.41 Å². The molecule has 1 aromatic carbocycles. The maximum Gasteiger partial charge on any atom is 0.188 e. The maximum absolute atomic E-state index is 13.0. The van der Waals surface area contributed by atoms with Gasteiger partial charge < -0.3 is 4.74 Å². The van der Waals surface area contributed by atoms with Crippen molar-refractivity contribution >= 4 is 5.78 Å². The molecule has 104 valence electrons. The van der Waals surface area contributed by atoms with Gasteiger partial charge in [0.15, 0.2) is 5.78 Å².